The molecule has 4 N–H and O–H groups in total. The Bertz CT molecular complexity index is 451. The third-order valence-electron chi connectivity index (χ3n) is 4.15. The second-order valence-electron chi connectivity index (χ2n) is 5.64. The van der Waals surface area contributed by atoms with Crippen molar-refractivity contribution in [2.75, 3.05) is 6.54 Å². The van der Waals surface area contributed by atoms with Crippen LogP contribution in [0.5, 0.6) is 5.75 Å². The van der Waals surface area contributed by atoms with E-state index in [-0.39, 0.29) is 17.2 Å². The lowest BCUT2D eigenvalue weighted by Gasteiger charge is -2.39. The molecule has 1 saturated carbocycles. The van der Waals surface area contributed by atoms with Gasteiger partial charge in [-0.05, 0) is 43.7 Å². The zero-order chi connectivity index (χ0) is 13.9. The van der Waals surface area contributed by atoms with E-state index in [4.69, 9.17) is 5.73 Å². The maximum absolute atomic E-state index is 12.3. The first-order valence-corrected chi connectivity index (χ1v) is 6.87. The van der Waals surface area contributed by atoms with Crippen molar-refractivity contribution >= 4 is 5.91 Å². The van der Waals surface area contributed by atoms with Gasteiger partial charge in [0.2, 0.25) is 0 Å². The standard InChI is InChI=1S/C15H22N2O2/c1-11-6-8-15(10-16,9-7-11)17-14(19)12-4-2-3-5-13(12)18/h2-5,11,18H,6-10,16H2,1H3,(H,17,19). The number of carbonyl (C=O) groups excluding carboxylic acids is 1. The van der Waals surface area contributed by atoms with Crippen LogP contribution in [0.25, 0.3) is 0 Å². The number of rotatable bonds is 3. The van der Waals surface area contributed by atoms with E-state index in [0.29, 0.717) is 18.0 Å². The minimum Gasteiger partial charge on any atom is -0.507 e. The topological polar surface area (TPSA) is 75.3 Å². The molecule has 4 nitrogen and oxygen atoms in total. The zero-order valence-electron chi connectivity index (χ0n) is 11.4. The van der Waals surface area contributed by atoms with E-state index in [1.807, 2.05) is 0 Å². The van der Waals surface area contributed by atoms with Crippen LogP contribution in [-0.4, -0.2) is 23.1 Å². The van der Waals surface area contributed by atoms with Crippen molar-refractivity contribution in [1.29, 1.82) is 0 Å². The van der Waals surface area contributed by atoms with Crippen LogP contribution in [-0.2, 0) is 0 Å². The SMILES string of the molecule is CC1CCC(CN)(NC(=O)c2ccccc2O)CC1. The lowest BCUT2D eigenvalue weighted by molar-refractivity contribution is 0.0857. The Kier molecular flexibility index (Phi) is 4.10. The summed E-state index contributed by atoms with van der Waals surface area (Å²) < 4.78 is 0. The van der Waals surface area contributed by atoms with Gasteiger partial charge in [-0.15, -0.1) is 0 Å². The molecule has 0 heterocycles. The highest BCUT2D eigenvalue weighted by atomic mass is 16.3. The molecule has 1 amide bonds. The molecule has 1 aromatic carbocycles. The third kappa shape index (κ3) is 3.07. The zero-order valence-corrected chi connectivity index (χ0v) is 11.4. The van der Waals surface area contributed by atoms with Gasteiger partial charge >= 0.3 is 0 Å². The molecule has 0 bridgehead atoms. The lowest BCUT2D eigenvalue weighted by Crippen LogP contribution is -2.55. The number of hydrogen-bond acceptors (Lipinski definition) is 3. The van der Waals surface area contributed by atoms with Gasteiger partial charge in [0.25, 0.3) is 5.91 Å². The second-order valence-corrected chi connectivity index (χ2v) is 5.64. The quantitative estimate of drug-likeness (QED) is 0.780. The molecule has 2 rings (SSSR count). The molecule has 1 aromatic rings. The van der Waals surface area contributed by atoms with E-state index >= 15 is 0 Å². The molecule has 1 aliphatic rings. The molecular weight excluding hydrogens is 240 g/mol. The van der Waals surface area contributed by atoms with Crippen LogP contribution in [0.2, 0.25) is 0 Å². The average molecular weight is 262 g/mol. The fourth-order valence-electron chi connectivity index (χ4n) is 2.67. The number of nitrogens with one attached hydrogen (secondary N) is 1. The number of amides is 1. The van der Waals surface area contributed by atoms with Crippen molar-refractivity contribution in [1.82, 2.24) is 5.32 Å². The van der Waals surface area contributed by atoms with E-state index in [2.05, 4.69) is 12.2 Å². The summed E-state index contributed by atoms with van der Waals surface area (Å²) >= 11 is 0. The van der Waals surface area contributed by atoms with Crippen LogP contribution in [0.1, 0.15) is 43.0 Å². The van der Waals surface area contributed by atoms with Gasteiger partial charge in [-0.3, -0.25) is 4.79 Å². The summed E-state index contributed by atoms with van der Waals surface area (Å²) in [6.45, 7) is 2.67. The van der Waals surface area contributed by atoms with Gasteiger partial charge in [-0.25, -0.2) is 0 Å². The highest BCUT2D eigenvalue weighted by molar-refractivity contribution is 5.97. The molecule has 1 aliphatic carbocycles. The predicted octanol–water partition coefficient (Wildman–Crippen LogP) is 2.03. The van der Waals surface area contributed by atoms with Gasteiger partial charge in [-0.2, -0.15) is 0 Å². The van der Waals surface area contributed by atoms with Gasteiger partial charge < -0.3 is 16.2 Å². The number of nitrogens with two attached hydrogens (primary N) is 1. The summed E-state index contributed by atoms with van der Waals surface area (Å²) in [6, 6.07) is 6.59. The molecule has 0 aromatic heterocycles. The van der Waals surface area contributed by atoms with Crippen LogP contribution in [0, 0.1) is 5.92 Å². The number of hydrogen-bond donors (Lipinski definition) is 3. The van der Waals surface area contributed by atoms with E-state index in [1.54, 1.807) is 18.2 Å². The molecule has 0 radical (unpaired) electrons. The summed E-state index contributed by atoms with van der Waals surface area (Å²) in [6.07, 6.45) is 3.98. The molecule has 104 valence electrons. The van der Waals surface area contributed by atoms with E-state index in [1.165, 1.54) is 6.07 Å². The Morgan fingerprint density at radius 3 is 2.63 bits per heavy atom. The van der Waals surface area contributed by atoms with E-state index in [0.717, 1.165) is 25.7 Å². The summed E-state index contributed by atoms with van der Waals surface area (Å²) in [4.78, 5) is 12.3. The normalized spacial score (nSPS) is 26.9. The van der Waals surface area contributed by atoms with E-state index in [9.17, 15) is 9.90 Å². The van der Waals surface area contributed by atoms with Gasteiger partial charge in [0.15, 0.2) is 0 Å². The fourth-order valence-corrected chi connectivity index (χ4v) is 2.67. The van der Waals surface area contributed by atoms with Crippen molar-refractivity contribution in [3.8, 4) is 5.75 Å². The Morgan fingerprint density at radius 1 is 1.42 bits per heavy atom. The molecule has 0 saturated heterocycles. The van der Waals surface area contributed by atoms with Gasteiger partial charge in [-0.1, -0.05) is 19.1 Å². The second kappa shape index (κ2) is 5.61. The number of aromatic hydroxyl groups is 1. The lowest BCUT2D eigenvalue weighted by atomic mass is 9.77. The highest BCUT2D eigenvalue weighted by Crippen LogP contribution is 2.31. The van der Waals surface area contributed by atoms with Gasteiger partial charge in [0, 0.05) is 6.54 Å². The van der Waals surface area contributed by atoms with Crippen molar-refractivity contribution in [2.45, 2.75) is 38.1 Å². The van der Waals surface area contributed by atoms with Crippen LogP contribution in [0.4, 0.5) is 0 Å². The number of phenols is 1. The van der Waals surface area contributed by atoms with Crippen LogP contribution < -0.4 is 11.1 Å². The Morgan fingerprint density at radius 2 is 2.05 bits per heavy atom. The third-order valence-corrected chi connectivity index (χ3v) is 4.15. The van der Waals surface area contributed by atoms with Crippen molar-refractivity contribution < 1.29 is 9.90 Å². The summed E-state index contributed by atoms with van der Waals surface area (Å²) in [7, 11) is 0. The number of phenolic OH excluding ortho intramolecular Hbond substituents is 1. The molecular formula is C15H22N2O2. The highest BCUT2D eigenvalue weighted by Gasteiger charge is 2.34. The average Bonchev–Trinajstić information content (AvgIpc) is 2.42. The predicted molar refractivity (Wildman–Crippen MR) is 75.0 cm³/mol. The van der Waals surface area contributed by atoms with Crippen molar-refractivity contribution in [3.05, 3.63) is 29.8 Å². The minimum absolute atomic E-state index is 0.0105. The first-order chi connectivity index (χ1) is 9.06. The molecule has 0 aliphatic heterocycles. The fraction of sp³-hybridized carbons (Fsp3) is 0.533. The van der Waals surface area contributed by atoms with Crippen LogP contribution in [0.3, 0.4) is 0 Å². The molecule has 19 heavy (non-hydrogen) atoms. The number of carbonyl (C=O) groups is 1. The maximum atomic E-state index is 12.3. The van der Waals surface area contributed by atoms with Crippen molar-refractivity contribution in [3.63, 3.8) is 0 Å². The summed E-state index contributed by atoms with van der Waals surface area (Å²) in [5, 5.41) is 12.8. The molecule has 1 fully saturated rings. The Labute approximate surface area is 114 Å². The monoisotopic (exact) mass is 262 g/mol. The number of benzene rings is 1. The van der Waals surface area contributed by atoms with Crippen LogP contribution in [0.15, 0.2) is 24.3 Å². The van der Waals surface area contributed by atoms with Crippen LogP contribution >= 0.6 is 0 Å². The van der Waals surface area contributed by atoms with Crippen molar-refractivity contribution in [2.24, 2.45) is 11.7 Å². The summed E-state index contributed by atoms with van der Waals surface area (Å²) in [5.74, 6) is 0.469. The Hall–Kier alpha value is -1.55. The molecule has 0 atom stereocenters. The summed E-state index contributed by atoms with van der Waals surface area (Å²) in [5.41, 5.74) is 5.87. The molecule has 4 heteroatoms. The minimum atomic E-state index is -0.314. The first kappa shape index (κ1) is 13.9. The largest absolute Gasteiger partial charge is 0.507 e. The first-order valence-electron chi connectivity index (χ1n) is 6.87. The van der Waals surface area contributed by atoms with E-state index < -0.39 is 0 Å². The molecule has 0 spiro atoms. The maximum Gasteiger partial charge on any atom is 0.255 e. The molecule has 0 unspecified atom stereocenters. The van der Waals surface area contributed by atoms with Gasteiger partial charge in [0.1, 0.15) is 5.75 Å². The number of para-hydroxylation sites is 1. The Balaban J connectivity index is 2.11. The van der Waals surface area contributed by atoms with Gasteiger partial charge in [0.05, 0.1) is 11.1 Å². The smallest absolute Gasteiger partial charge is 0.255 e.